The maximum atomic E-state index is 5.85. The third kappa shape index (κ3) is 2.13. The summed E-state index contributed by atoms with van der Waals surface area (Å²) in [5.41, 5.74) is 5.85. The molecule has 1 aliphatic carbocycles. The van der Waals surface area contributed by atoms with E-state index in [2.05, 4.69) is 9.97 Å². The Hall–Kier alpha value is -0.870. The predicted octanol–water partition coefficient (Wildman–Crippen LogP) is 1.39. The van der Waals surface area contributed by atoms with Crippen LogP contribution in [0.15, 0.2) is 12.4 Å². The maximum absolute atomic E-state index is 5.85. The molecule has 2 rings (SSSR count). The molecule has 2 N–H and O–H groups in total. The predicted molar refractivity (Wildman–Crippen MR) is 53.3 cm³/mol. The molecule has 1 aromatic heterocycles. The van der Waals surface area contributed by atoms with E-state index in [4.69, 9.17) is 22.1 Å². The van der Waals surface area contributed by atoms with Crippen molar-refractivity contribution >= 4 is 11.6 Å². The Morgan fingerprint density at radius 3 is 2.64 bits per heavy atom. The molecule has 0 aromatic carbocycles. The first-order chi connectivity index (χ1) is 6.75. The van der Waals surface area contributed by atoms with Gasteiger partial charge in [-0.1, -0.05) is 11.6 Å². The molecule has 1 aliphatic rings. The van der Waals surface area contributed by atoms with Crippen molar-refractivity contribution < 1.29 is 4.74 Å². The summed E-state index contributed by atoms with van der Waals surface area (Å²) in [6.07, 6.45) is 6.19. The van der Waals surface area contributed by atoms with E-state index in [9.17, 15) is 0 Å². The smallest absolute Gasteiger partial charge is 0.316 e. The van der Waals surface area contributed by atoms with E-state index < -0.39 is 0 Å². The molecule has 2 atom stereocenters. The fourth-order valence-electron chi connectivity index (χ4n) is 1.60. The standard InChI is InChI=1S/C9H12ClN3O/c10-6-4-12-9(13-5-6)14-8-3-1-2-7(8)11/h4-5,7-8H,1-3,11H2. The number of hydrogen-bond donors (Lipinski definition) is 1. The van der Waals surface area contributed by atoms with Gasteiger partial charge in [-0.25, -0.2) is 9.97 Å². The summed E-state index contributed by atoms with van der Waals surface area (Å²) in [6.45, 7) is 0. The molecule has 76 valence electrons. The second-order valence-electron chi connectivity index (χ2n) is 3.43. The minimum atomic E-state index is 0.0520. The van der Waals surface area contributed by atoms with Crippen LogP contribution in [0.2, 0.25) is 5.02 Å². The third-order valence-corrected chi connectivity index (χ3v) is 2.55. The van der Waals surface area contributed by atoms with Gasteiger partial charge in [0.25, 0.3) is 0 Å². The molecule has 1 fully saturated rings. The number of nitrogens with two attached hydrogens (primary N) is 1. The molecule has 2 unspecified atom stereocenters. The van der Waals surface area contributed by atoms with Crippen molar-refractivity contribution in [3.05, 3.63) is 17.4 Å². The molecule has 1 heterocycles. The fraction of sp³-hybridized carbons (Fsp3) is 0.556. The number of aromatic nitrogens is 2. The van der Waals surface area contributed by atoms with Gasteiger partial charge in [0.2, 0.25) is 0 Å². The Balaban J connectivity index is 2.00. The highest BCUT2D eigenvalue weighted by atomic mass is 35.5. The maximum Gasteiger partial charge on any atom is 0.316 e. The number of ether oxygens (including phenoxy) is 1. The van der Waals surface area contributed by atoms with E-state index in [1.807, 2.05) is 0 Å². The van der Waals surface area contributed by atoms with Crippen molar-refractivity contribution in [2.75, 3.05) is 0 Å². The van der Waals surface area contributed by atoms with Gasteiger partial charge >= 0.3 is 6.01 Å². The lowest BCUT2D eigenvalue weighted by molar-refractivity contribution is 0.175. The van der Waals surface area contributed by atoms with Gasteiger partial charge in [0, 0.05) is 6.04 Å². The zero-order valence-corrected chi connectivity index (χ0v) is 8.44. The van der Waals surface area contributed by atoms with Crippen LogP contribution < -0.4 is 10.5 Å². The molecule has 0 saturated heterocycles. The number of rotatable bonds is 2. The molecule has 0 bridgehead atoms. The van der Waals surface area contributed by atoms with Crippen LogP contribution in [0.4, 0.5) is 0 Å². The van der Waals surface area contributed by atoms with E-state index in [0.29, 0.717) is 11.0 Å². The first-order valence-corrected chi connectivity index (χ1v) is 5.03. The Labute approximate surface area is 87.4 Å². The van der Waals surface area contributed by atoms with Gasteiger partial charge in [-0.05, 0) is 19.3 Å². The molecule has 0 radical (unpaired) electrons. The van der Waals surface area contributed by atoms with Gasteiger partial charge in [0.15, 0.2) is 0 Å². The molecule has 0 amide bonds. The van der Waals surface area contributed by atoms with Crippen molar-refractivity contribution in [1.82, 2.24) is 9.97 Å². The molecule has 0 aliphatic heterocycles. The van der Waals surface area contributed by atoms with E-state index in [-0.39, 0.29) is 12.1 Å². The normalized spacial score (nSPS) is 26.4. The van der Waals surface area contributed by atoms with Crippen LogP contribution >= 0.6 is 11.6 Å². The monoisotopic (exact) mass is 213 g/mol. The molecule has 1 saturated carbocycles. The molecule has 1 aromatic rings. The average molecular weight is 214 g/mol. The number of nitrogens with zero attached hydrogens (tertiary/aromatic N) is 2. The van der Waals surface area contributed by atoms with E-state index in [1.54, 1.807) is 0 Å². The summed E-state index contributed by atoms with van der Waals surface area (Å²) in [7, 11) is 0. The zero-order valence-electron chi connectivity index (χ0n) is 7.69. The molecular weight excluding hydrogens is 202 g/mol. The highest BCUT2D eigenvalue weighted by molar-refractivity contribution is 6.30. The zero-order chi connectivity index (χ0) is 9.97. The van der Waals surface area contributed by atoms with Gasteiger partial charge in [-0.15, -0.1) is 0 Å². The lowest BCUT2D eigenvalue weighted by Crippen LogP contribution is -2.34. The summed E-state index contributed by atoms with van der Waals surface area (Å²) >= 11 is 5.65. The van der Waals surface area contributed by atoms with Crippen LogP contribution in [0, 0.1) is 0 Å². The van der Waals surface area contributed by atoms with Gasteiger partial charge < -0.3 is 10.5 Å². The van der Waals surface area contributed by atoms with Crippen LogP contribution in [0.25, 0.3) is 0 Å². The topological polar surface area (TPSA) is 61.0 Å². The van der Waals surface area contributed by atoms with Crippen molar-refractivity contribution in [2.24, 2.45) is 5.73 Å². The van der Waals surface area contributed by atoms with Crippen molar-refractivity contribution in [3.63, 3.8) is 0 Å². The van der Waals surface area contributed by atoms with Crippen molar-refractivity contribution in [2.45, 2.75) is 31.4 Å². The molecule has 0 spiro atoms. The number of halogens is 1. The third-order valence-electron chi connectivity index (χ3n) is 2.36. The number of hydrogen-bond acceptors (Lipinski definition) is 4. The van der Waals surface area contributed by atoms with E-state index in [1.165, 1.54) is 12.4 Å². The van der Waals surface area contributed by atoms with Crippen molar-refractivity contribution in [3.8, 4) is 6.01 Å². The SMILES string of the molecule is NC1CCCC1Oc1ncc(Cl)cn1. The Kier molecular flexibility index (Phi) is 2.84. The van der Waals surface area contributed by atoms with E-state index in [0.717, 1.165) is 19.3 Å². The quantitative estimate of drug-likeness (QED) is 0.807. The van der Waals surface area contributed by atoms with Gasteiger partial charge in [0.05, 0.1) is 17.4 Å². The molecular formula is C9H12ClN3O. The lowest BCUT2D eigenvalue weighted by atomic mass is 10.2. The first-order valence-electron chi connectivity index (χ1n) is 4.65. The summed E-state index contributed by atoms with van der Waals surface area (Å²) in [5, 5.41) is 0.507. The van der Waals surface area contributed by atoms with Gasteiger partial charge in [-0.3, -0.25) is 0 Å². The Morgan fingerprint density at radius 1 is 1.36 bits per heavy atom. The van der Waals surface area contributed by atoms with Crippen LogP contribution in [-0.2, 0) is 0 Å². The second-order valence-corrected chi connectivity index (χ2v) is 3.87. The fourth-order valence-corrected chi connectivity index (χ4v) is 1.70. The summed E-state index contributed by atoms with van der Waals surface area (Å²) < 4.78 is 5.54. The highest BCUT2D eigenvalue weighted by Crippen LogP contribution is 2.21. The summed E-state index contributed by atoms with van der Waals surface area (Å²) in [6, 6.07) is 0.464. The minimum absolute atomic E-state index is 0.0520. The molecule has 14 heavy (non-hydrogen) atoms. The van der Waals surface area contributed by atoms with Crippen LogP contribution in [0.3, 0.4) is 0 Å². The molecule has 4 nitrogen and oxygen atoms in total. The van der Waals surface area contributed by atoms with Crippen LogP contribution in [0.1, 0.15) is 19.3 Å². The second kappa shape index (κ2) is 4.11. The average Bonchev–Trinajstić information content (AvgIpc) is 2.56. The summed E-state index contributed by atoms with van der Waals surface area (Å²) in [4.78, 5) is 7.91. The van der Waals surface area contributed by atoms with Crippen LogP contribution in [0.5, 0.6) is 6.01 Å². The van der Waals surface area contributed by atoms with Gasteiger partial charge in [-0.2, -0.15) is 0 Å². The van der Waals surface area contributed by atoms with E-state index >= 15 is 0 Å². The van der Waals surface area contributed by atoms with Gasteiger partial charge in [0.1, 0.15) is 6.10 Å². The lowest BCUT2D eigenvalue weighted by Gasteiger charge is -2.15. The Bertz CT molecular complexity index is 303. The van der Waals surface area contributed by atoms with Crippen LogP contribution in [-0.4, -0.2) is 22.1 Å². The summed E-state index contributed by atoms with van der Waals surface area (Å²) in [5.74, 6) is 0. The minimum Gasteiger partial charge on any atom is -0.458 e. The Morgan fingerprint density at radius 2 is 2.07 bits per heavy atom. The largest absolute Gasteiger partial charge is 0.458 e. The van der Waals surface area contributed by atoms with Crippen molar-refractivity contribution in [1.29, 1.82) is 0 Å². The molecule has 5 heteroatoms. The highest BCUT2D eigenvalue weighted by Gasteiger charge is 2.26. The first kappa shape index (κ1) is 9.68.